The lowest BCUT2D eigenvalue weighted by Crippen LogP contribution is -2.34. The number of carboxylic acid groups (broad SMARTS) is 1. The van der Waals surface area contributed by atoms with Crippen LogP contribution in [0.2, 0.25) is 0 Å². The first kappa shape index (κ1) is 15.2. The molecule has 0 aromatic carbocycles. The van der Waals surface area contributed by atoms with Crippen molar-refractivity contribution in [1.29, 1.82) is 0 Å². The van der Waals surface area contributed by atoms with Gasteiger partial charge in [0, 0.05) is 30.9 Å². The number of carbonyl (C=O) groups is 2. The Labute approximate surface area is 123 Å². The van der Waals surface area contributed by atoms with E-state index in [0.717, 1.165) is 25.7 Å². The minimum absolute atomic E-state index is 0.247. The first-order chi connectivity index (χ1) is 10.2. The monoisotopic (exact) mass is 289 g/mol. The van der Waals surface area contributed by atoms with Crippen molar-refractivity contribution in [3.05, 3.63) is 35.7 Å². The molecule has 2 heterocycles. The molecule has 1 aromatic rings. The second-order valence-corrected chi connectivity index (χ2v) is 4.92. The van der Waals surface area contributed by atoms with E-state index in [2.05, 4.69) is 15.2 Å². The fraction of sp³-hybridized carbons (Fsp3) is 0.400. The summed E-state index contributed by atoms with van der Waals surface area (Å²) < 4.78 is 0. The molecule has 2 rings (SSSR count). The van der Waals surface area contributed by atoms with E-state index in [9.17, 15) is 9.59 Å². The largest absolute Gasteiger partial charge is 0.478 e. The number of carbonyl (C=O) groups excluding carboxylic acids is 1. The summed E-state index contributed by atoms with van der Waals surface area (Å²) in [7, 11) is 0. The van der Waals surface area contributed by atoms with Gasteiger partial charge >= 0.3 is 5.97 Å². The number of nitrogens with one attached hydrogen (secondary N) is 1. The van der Waals surface area contributed by atoms with E-state index >= 15 is 0 Å². The van der Waals surface area contributed by atoms with E-state index in [0.29, 0.717) is 12.1 Å². The zero-order chi connectivity index (χ0) is 15.1. The summed E-state index contributed by atoms with van der Waals surface area (Å²) in [6, 6.07) is 3.34. The third-order valence-corrected chi connectivity index (χ3v) is 3.37. The van der Waals surface area contributed by atoms with Gasteiger partial charge in [-0.3, -0.25) is 9.78 Å². The van der Waals surface area contributed by atoms with E-state index in [1.165, 1.54) is 25.1 Å². The molecular weight excluding hydrogens is 270 g/mol. The zero-order valence-corrected chi connectivity index (χ0v) is 11.8. The SMILES string of the molecule is O=C(O)/C=C/c1cccnc1C(=O)NCCN1CCCC1. The predicted octanol–water partition coefficient (Wildman–Crippen LogP) is 1.00. The Balaban J connectivity index is 1.93. The molecule has 0 aliphatic carbocycles. The standard InChI is InChI=1S/C15H19N3O3/c19-13(20)6-5-12-4-3-7-16-14(12)15(21)17-8-11-18-9-1-2-10-18/h3-7H,1-2,8-11H2,(H,17,21)(H,19,20)/b6-5+. The minimum atomic E-state index is -1.06. The van der Waals surface area contributed by atoms with Crippen molar-refractivity contribution in [2.45, 2.75) is 12.8 Å². The number of hydrogen-bond donors (Lipinski definition) is 2. The number of pyridine rings is 1. The molecule has 0 bridgehead atoms. The van der Waals surface area contributed by atoms with E-state index in [-0.39, 0.29) is 11.6 Å². The van der Waals surface area contributed by atoms with Crippen molar-refractivity contribution >= 4 is 18.0 Å². The fourth-order valence-corrected chi connectivity index (χ4v) is 2.32. The highest BCUT2D eigenvalue weighted by atomic mass is 16.4. The smallest absolute Gasteiger partial charge is 0.328 e. The Morgan fingerprint density at radius 1 is 1.38 bits per heavy atom. The molecule has 1 aliphatic rings. The number of amides is 1. The first-order valence-corrected chi connectivity index (χ1v) is 7.03. The lowest BCUT2D eigenvalue weighted by Gasteiger charge is -2.14. The van der Waals surface area contributed by atoms with Gasteiger partial charge in [-0.25, -0.2) is 4.79 Å². The molecular formula is C15H19N3O3. The minimum Gasteiger partial charge on any atom is -0.478 e. The Morgan fingerprint density at radius 3 is 2.86 bits per heavy atom. The Bertz CT molecular complexity index is 537. The highest BCUT2D eigenvalue weighted by Crippen LogP contribution is 2.08. The summed E-state index contributed by atoms with van der Waals surface area (Å²) in [4.78, 5) is 29.0. The van der Waals surface area contributed by atoms with E-state index < -0.39 is 5.97 Å². The number of aromatic nitrogens is 1. The van der Waals surface area contributed by atoms with Gasteiger partial charge in [-0.1, -0.05) is 6.07 Å². The fourth-order valence-electron chi connectivity index (χ4n) is 2.32. The second-order valence-electron chi connectivity index (χ2n) is 4.92. The van der Waals surface area contributed by atoms with Crippen LogP contribution in [0.4, 0.5) is 0 Å². The molecule has 2 N–H and O–H groups in total. The number of nitrogens with zero attached hydrogens (tertiary/aromatic N) is 2. The maximum Gasteiger partial charge on any atom is 0.328 e. The van der Waals surface area contributed by atoms with E-state index in [1.807, 2.05) is 0 Å². The summed E-state index contributed by atoms with van der Waals surface area (Å²) in [6.07, 6.45) is 6.34. The molecule has 0 atom stereocenters. The highest BCUT2D eigenvalue weighted by molar-refractivity contribution is 5.97. The van der Waals surface area contributed by atoms with Crippen LogP contribution >= 0.6 is 0 Å². The second kappa shape index (κ2) is 7.54. The molecule has 0 spiro atoms. The van der Waals surface area contributed by atoms with E-state index in [1.54, 1.807) is 12.1 Å². The van der Waals surface area contributed by atoms with Gasteiger partial charge in [-0.05, 0) is 38.1 Å². The van der Waals surface area contributed by atoms with Crippen LogP contribution in [0, 0.1) is 0 Å². The highest BCUT2D eigenvalue weighted by Gasteiger charge is 2.13. The molecule has 0 saturated carbocycles. The van der Waals surface area contributed by atoms with Crippen LogP contribution in [-0.2, 0) is 4.79 Å². The molecule has 0 radical (unpaired) electrons. The number of hydrogen-bond acceptors (Lipinski definition) is 4. The zero-order valence-electron chi connectivity index (χ0n) is 11.8. The average Bonchev–Trinajstić information content (AvgIpc) is 2.98. The van der Waals surface area contributed by atoms with Crippen molar-refractivity contribution in [3.63, 3.8) is 0 Å². The van der Waals surface area contributed by atoms with Crippen LogP contribution in [0.25, 0.3) is 6.08 Å². The average molecular weight is 289 g/mol. The van der Waals surface area contributed by atoms with Crippen LogP contribution in [0.15, 0.2) is 24.4 Å². The van der Waals surface area contributed by atoms with Crippen molar-refractivity contribution in [2.75, 3.05) is 26.2 Å². The van der Waals surface area contributed by atoms with Crippen LogP contribution in [-0.4, -0.2) is 53.0 Å². The van der Waals surface area contributed by atoms with Gasteiger partial charge in [0.2, 0.25) is 0 Å². The third-order valence-electron chi connectivity index (χ3n) is 3.37. The predicted molar refractivity (Wildman–Crippen MR) is 78.9 cm³/mol. The molecule has 1 fully saturated rings. The van der Waals surface area contributed by atoms with Gasteiger partial charge in [-0.15, -0.1) is 0 Å². The number of carboxylic acids is 1. The normalized spacial score (nSPS) is 15.4. The van der Waals surface area contributed by atoms with Crippen molar-refractivity contribution in [2.24, 2.45) is 0 Å². The van der Waals surface area contributed by atoms with Crippen LogP contribution in [0.5, 0.6) is 0 Å². The van der Waals surface area contributed by atoms with Gasteiger partial charge < -0.3 is 15.3 Å². The molecule has 1 amide bonds. The van der Waals surface area contributed by atoms with E-state index in [4.69, 9.17) is 5.11 Å². The van der Waals surface area contributed by atoms with Gasteiger partial charge in [0.05, 0.1) is 0 Å². The first-order valence-electron chi connectivity index (χ1n) is 7.03. The molecule has 21 heavy (non-hydrogen) atoms. The van der Waals surface area contributed by atoms with Gasteiger partial charge in [0.1, 0.15) is 5.69 Å². The summed E-state index contributed by atoms with van der Waals surface area (Å²) >= 11 is 0. The van der Waals surface area contributed by atoms with Crippen molar-refractivity contribution < 1.29 is 14.7 Å². The molecule has 0 unspecified atom stereocenters. The van der Waals surface area contributed by atoms with Crippen molar-refractivity contribution in [1.82, 2.24) is 15.2 Å². The quantitative estimate of drug-likeness (QED) is 0.764. The van der Waals surface area contributed by atoms with Crippen molar-refractivity contribution in [3.8, 4) is 0 Å². The molecule has 1 aromatic heterocycles. The summed E-state index contributed by atoms with van der Waals surface area (Å²) in [5.74, 6) is -1.33. The molecule has 112 valence electrons. The Kier molecular flexibility index (Phi) is 5.45. The molecule has 6 nitrogen and oxygen atoms in total. The maximum absolute atomic E-state index is 12.1. The van der Waals surface area contributed by atoms with Gasteiger partial charge in [-0.2, -0.15) is 0 Å². The molecule has 6 heteroatoms. The summed E-state index contributed by atoms with van der Waals surface area (Å²) in [6.45, 7) is 3.58. The summed E-state index contributed by atoms with van der Waals surface area (Å²) in [5.41, 5.74) is 0.745. The number of rotatable bonds is 6. The van der Waals surface area contributed by atoms with Crippen LogP contribution < -0.4 is 5.32 Å². The molecule has 1 saturated heterocycles. The number of aliphatic carboxylic acids is 1. The maximum atomic E-state index is 12.1. The van der Waals surface area contributed by atoms with Crippen LogP contribution in [0.3, 0.4) is 0 Å². The van der Waals surface area contributed by atoms with Gasteiger partial charge in [0.15, 0.2) is 0 Å². The van der Waals surface area contributed by atoms with Crippen LogP contribution in [0.1, 0.15) is 28.9 Å². The third kappa shape index (κ3) is 4.68. The lowest BCUT2D eigenvalue weighted by atomic mass is 10.1. The molecule has 1 aliphatic heterocycles. The van der Waals surface area contributed by atoms with Gasteiger partial charge in [0.25, 0.3) is 5.91 Å². The number of likely N-dealkylation sites (tertiary alicyclic amines) is 1. The topological polar surface area (TPSA) is 82.5 Å². The summed E-state index contributed by atoms with van der Waals surface area (Å²) in [5, 5.41) is 11.5. The lowest BCUT2D eigenvalue weighted by molar-refractivity contribution is -0.131. The Hall–Kier alpha value is -2.21. The Morgan fingerprint density at radius 2 is 2.14 bits per heavy atom.